The van der Waals surface area contributed by atoms with Crippen LogP contribution in [0.15, 0.2) is 18.7 Å². The van der Waals surface area contributed by atoms with Crippen LogP contribution in [0.25, 0.3) is 0 Å². The second kappa shape index (κ2) is 4.51. The number of aromatic nitrogens is 2. The summed E-state index contributed by atoms with van der Waals surface area (Å²) in [4.78, 5) is 18.8. The smallest absolute Gasteiger partial charge is 0.268 e. The average Bonchev–Trinajstić information content (AvgIpc) is 2.15. The molecule has 0 bridgehead atoms. The van der Waals surface area contributed by atoms with E-state index in [1.807, 2.05) is 13.8 Å². The molecule has 0 saturated carbocycles. The van der Waals surface area contributed by atoms with Crippen molar-refractivity contribution in [2.24, 2.45) is 0 Å². The predicted octanol–water partition coefficient (Wildman–Crippen LogP) is 0.119. The highest BCUT2D eigenvalue weighted by molar-refractivity contribution is 5.93. The Morgan fingerprint density at radius 3 is 2.54 bits per heavy atom. The molecule has 0 unspecified atom stereocenters. The van der Waals surface area contributed by atoms with Crippen LogP contribution in [-0.4, -0.2) is 21.9 Å². The molecule has 0 aliphatic carbocycles. The first-order valence-electron chi connectivity index (χ1n) is 4.01. The van der Waals surface area contributed by atoms with Crippen molar-refractivity contribution in [1.29, 1.82) is 0 Å². The Hall–Kier alpha value is -1.49. The summed E-state index contributed by atoms with van der Waals surface area (Å²) in [5.74, 6) is -0.227. The maximum absolute atomic E-state index is 11.3. The zero-order valence-corrected chi connectivity index (χ0v) is 7.61. The minimum Gasteiger partial charge on any atom is -0.287 e. The topological polar surface area (TPSA) is 66.9 Å². The van der Waals surface area contributed by atoms with Gasteiger partial charge in [-0.25, -0.2) is 15.4 Å². The van der Waals surface area contributed by atoms with Gasteiger partial charge < -0.3 is 0 Å². The number of nitrogens with one attached hydrogen (secondary N) is 2. The summed E-state index contributed by atoms with van der Waals surface area (Å²) in [6.45, 7) is 3.86. The van der Waals surface area contributed by atoms with E-state index in [2.05, 4.69) is 20.8 Å². The SMILES string of the molecule is CC(C)NNC(=O)c1cncnc1. The van der Waals surface area contributed by atoms with Gasteiger partial charge in [-0.1, -0.05) is 0 Å². The van der Waals surface area contributed by atoms with Crippen molar-refractivity contribution < 1.29 is 4.79 Å². The van der Waals surface area contributed by atoms with Gasteiger partial charge in [0.2, 0.25) is 0 Å². The first-order valence-corrected chi connectivity index (χ1v) is 4.01. The Bertz CT molecular complexity index is 273. The first-order chi connectivity index (χ1) is 6.20. The van der Waals surface area contributed by atoms with Crippen LogP contribution in [0, 0.1) is 0 Å². The van der Waals surface area contributed by atoms with Crippen molar-refractivity contribution >= 4 is 5.91 Å². The zero-order chi connectivity index (χ0) is 9.68. The van der Waals surface area contributed by atoms with Crippen LogP contribution < -0.4 is 10.9 Å². The van der Waals surface area contributed by atoms with Crippen LogP contribution in [0.3, 0.4) is 0 Å². The molecule has 5 heteroatoms. The molecule has 0 radical (unpaired) electrons. The molecule has 0 aliphatic heterocycles. The normalized spacial score (nSPS) is 10.1. The highest BCUT2D eigenvalue weighted by Crippen LogP contribution is 1.90. The van der Waals surface area contributed by atoms with Crippen molar-refractivity contribution in [3.05, 3.63) is 24.3 Å². The highest BCUT2D eigenvalue weighted by Gasteiger charge is 2.04. The minimum atomic E-state index is -0.227. The third-order valence-corrected chi connectivity index (χ3v) is 1.30. The van der Waals surface area contributed by atoms with Crippen LogP contribution >= 0.6 is 0 Å². The van der Waals surface area contributed by atoms with E-state index in [-0.39, 0.29) is 11.9 Å². The van der Waals surface area contributed by atoms with Crippen molar-refractivity contribution in [2.75, 3.05) is 0 Å². The minimum absolute atomic E-state index is 0.202. The van der Waals surface area contributed by atoms with Gasteiger partial charge in [-0.2, -0.15) is 0 Å². The summed E-state index contributed by atoms with van der Waals surface area (Å²) < 4.78 is 0. The van der Waals surface area contributed by atoms with Crippen LogP contribution in [0.2, 0.25) is 0 Å². The lowest BCUT2D eigenvalue weighted by molar-refractivity contribution is 0.0927. The van der Waals surface area contributed by atoms with E-state index >= 15 is 0 Å². The molecule has 0 spiro atoms. The summed E-state index contributed by atoms with van der Waals surface area (Å²) in [7, 11) is 0. The van der Waals surface area contributed by atoms with Crippen LogP contribution in [-0.2, 0) is 0 Å². The summed E-state index contributed by atoms with van der Waals surface area (Å²) >= 11 is 0. The Morgan fingerprint density at radius 2 is 2.00 bits per heavy atom. The third kappa shape index (κ3) is 3.16. The Morgan fingerprint density at radius 1 is 1.38 bits per heavy atom. The molecule has 0 fully saturated rings. The van der Waals surface area contributed by atoms with Gasteiger partial charge >= 0.3 is 0 Å². The second-order valence-corrected chi connectivity index (χ2v) is 2.88. The molecule has 1 heterocycles. The summed E-state index contributed by atoms with van der Waals surface area (Å²) in [5, 5.41) is 0. The van der Waals surface area contributed by atoms with Crippen molar-refractivity contribution in [3.8, 4) is 0 Å². The molecule has 0 aliphatic rings. The Kier molecular flexibility index (Phi) is 3.33. The summed E-state index contributed by atoms with van der Waals surface area (Å²) in [6.07, 6.45) is 4.31. The molecule has 5 nitrogen and oxygen atoms in total. The van der Waals surface area contributed by atoms with Crippen molar-refractivity contribution in [2.45, 2.75) is 19.9 Å². The average molecular weight is 180 g/mol. The summed E-state index contributed by atoms with van der Waals surface area (Å²) in [5.41, 5.74) is 5.76. The van der Waals surface area contributed by atoms with Crippen molar-refractivity contribution in [3.63, 3.8) is 0 Å². The number of carbonyl (C=O) groups excluding carboxylic acids is 1. The molecule has 0 atom stereocenters. The maximum atomic E-state index is 11.3. The van der Waals surface area contributed by atoms with E-state index in [9.17, 15) is 4.79 Å². The van der Waals surface area contributed by atoms with E-state index in [0.29, 0.717) is 5.56 Å². The van der Waals surface area contributed by atoms with Gasteiger partial charge in [-0.15, -0.1) is 0 Å². The lowest BCUT2D eigenvalue weighted by Crippen LogP contribution is -2.41. The fraction of sp³-hybridized carbons (Fsp3) is 0.375. The monoisotopic (exact) mass is 180 g/mol. The van der Waals surface area contributed by atoms with Crippen molar-refractivity contribution in [1.82, 2.24) is 20.8 Å². The number of amides is 1. The lowest BCUT2D eigenvalue weighted by Gasteiger charge is -2.08. The van der Waals surface area contributed by atoms with Gasteiger partial charge in [0.15, 0.2) is 0 Å². The van der Waals surface area contributed by atoms with Gasteiger partial charge in [0.1, 0.15) is 6.33 Å². The molecule has 2 N–H and O–H groups in total. The molecule has 0 saturated heterocycles. The first kappa shape index (κ1) is 9.60. The third-order valence-electron chi connectivity index (χ3n) is 1.30. The Balaban J connectivity index is 2.50. The molecular weight excluding hydrogens is 168 g/mol. The standard InChI is InChI=1S/C8H12N4O/c1-6(2)11-12-8(13)7-3-9-5-10-4-7/h3-6,11H,1-2H3,(H,12,13). The number of rotatable bonds is 3. The number of hydrogen-bond donors (Lipinski definition) is 2. The quantitative estimate of drug-likeness (QED) is 0.648. The maximum Gasteiger partial charge on any atom is 0.268 e. The van der Waals surface area contributed by atoms with Crippen LogP contribution in [0.1, 0.15) is 24.2 Å². The Labute approximate surface area is 76.6 Å². The van der Waals surface area contributed by atoms with E-state index in [1.165, 1.54) is 18.7 Å². The lowest BCUT2D eigenvalue weighted by atomic mass is 10.3. The molecule has 1 amide bonds. The van der Waals surface area contributed by atoms with Gasteiger partial charge in [-0.3, -0.25) is 10.2 Å². The van der Waals surface area contributed by atoms with E-state index in [4.69, 9.17) is 0 Å². The van der Waals surface area contributed by atoms with E-state index in [1.54, 1.807) is 0 Å². The van der Waals surface area contributed by atoms with E-state index in [0.717, 1.165) is 0 Å². The fourth-order valence-corrected chi connectivity index (χ4v) is 0.698. The molecule has 1 aromatic heterocycles. The summed E-state index contributed by atoms with van der Waals surface area (Å²) in [6, 6.07) is 0.202. The zero-order valence-electron chi connectivity index (χ0n) is 7.61. The van der Waals surface area contributed by atoms with Gasteiger partial charge in [0.05, 0.1) is 5.56 Å². The molecule has 1 aromatic rings. The van der Waals surface area contributed by atoms with Gasteiger partial charge in [0, 0.05) is 18.4 Å². The number of hydrazine groups is 1. The molecule has 1 rings (SSSR count). The number of carbonyl (C=O) groups is 1. The number of hydrogen-bond acceptors (Lipinski definition) is 4. The van der Waals surface area contributed by atoms with E-state index < -0.39 is 0 Å². The predicted molar refractivity (Wildman–Crippen MR) is 47.8 cm³/mol. The van der Waals surface area contributed by atoms with Gasteiger partial charge in [-0.05, 0) is 13.8 Å². The second-order valence-electron chi connectivity index (χ2n) is 2.88. The van der Waals surface area contributed by atoms with Crippen LogP contribution in [0.5, 0.6) is 0 Å². The molecule has 0 aromatic carbocycles. The van der Waals surface area contributed by atoms with Crippen LogP contribution in [0.4, 0.5) is 0 Å². The molecular formula is C8H12N4O. The van der Waals surface area contributed by atoms with Gasteiger partial charge in [0.25, 0.3) is 5.91 Å². The molecule has 70 valence electrons. The molecule has 13 heavy (non-hydrogen) atoms. The number of nitrogens with zero attached hydrogens (tertiary/aromatic N) is 2. The highest BCUT2D eigenvalue weighted by atomic mass is 16.2. The largest absolute Gasteiger partial charge is 0.287 e. The fourth-order valence-electron chi connectivity index (χ4n) is 0.698.